The van der Waals surface area contributed by atoms with Crippen LogP contribution < -0.4 is 5.56 Å². The van der Waals surface area contributed by atoms with Gasteiger partial charge in [-0.25, -0.2) is 9.37 Å². The third-order valence-corrected chi connectivity index (χ3v) is 1.83. The molecular weight excluding hydrogens is 183 g/mol. The van der Waals surface area contributed by atoms with E-state index in [1.54, 1.807) is 18.2 Å². The SMILES string of the molecule is O=c1cc(-c2ccccc2F)nc[nH]1. The molecule has 2 aromatic rings. The van der Waals surface area contributed by atoms with Crippen molar-refractivity contribution in [3.63, 3.8) is 0 Å². The van der Waals surface area contributed by atoms with Gasteiger partial charge in [0.25, 0.3) is 5.56 Å². The fourth-order valence-electron chi connectivity index (χ4n) is 1.18. The van der Waals surface area contributed by atoms with Crippen LogP contribution in [-0.4, -0.2) is 9.97 Å². The third kappa shape index (κ3) is 1.54. The molecule has 0 amide bonds. The number of hydrogen-bond acceptors (Lipinski definition) is 2. The second kappa shape index (κ2) is 3.41. The summed E-state index contributed by atoms with van der Waals surface area (Å²) in [6.07, 6.45) is 1.25. The molecule has 1 N–H and O–H groups in total. The maximum atomic E-state index is 13.3. The minimum absolute atomic E-state index is 0.293. The zero-order valence-electron chi connectivity index (χ0n) is 7.20. The highest BCUT2D eigenvalue weighted by molar-refractivity contribution is 5.58. The summed E-state index contributed by atoms with van der Waals surface area (Å²) in [6, 6.07) is 7.46. The van der Waals surface area contributed by atoms with Crippen molar-refractivity contribution in [2.45, 2.75) is 0 Å². The lowest BCUT2D eigenvalue weighted by Crippen LogP contribution is -2.04. The first-order valence-corrected chi connectivity index (χ1v) is 4.07. The quantitative estimate of drug-likeness (QED) is 0.741. The zero-order chi connectivity index (χ0) is 9.97. The van der Waals surface area contributed by atoms with Crippen molar-refractivity contribution < 1.29 is 4.39 Å². The first kappa shape index (κ1) is 8.62. The molecule has 1 aromatic carbocycles. The summed E-state index contributed by atoms with van der Waals surface area (Å²) >= 11 is 0. The summed E-state index contributed by atoms with van der Waals surface area (Å²) in [7, 11) is 0. The van der Waals surface area contributed by atoms with Gasteiger partial charge < -0.3 is 4.98 Å². The van der Waals surface area contributed by atoms with Crippen molar-refractivity contribution in [3.05, 3.63) is 52.8 Å². The molecule has 0 aliphatic heterocycles. The lowest BCUT2D eigenvalue weighted by Gasteiger charge is -1.99. The van der Waals surface area contributed by atoms with Crippen LogP contribution in [0.4, 0.5) is 4.39 Å². The van der Waals surface area contributed by atoms with Crippen LogP contribution in [-0.2, 0) is 0 Å². The molecule has 0 fully saturated rings. The van der Waals surface area contributed by atoms with Crippen molar-refractivity contribution in [2.24, 2.45) is 0 Å². The van der Waals surface area contributed by atoms with Crippen LogP contribution in [0.3, 0.4) is 0 Å². The molecule has 0 saturated carbocycles. The van der Waals surface area contributed by atoms with Gasteiger partial charge in [0.2, 0.25) is 0 Å². The van der Waals surface area contributed by atoms with E-state index in [0.717, 1.165) is 0 Å². The predicted molar refractivity (Wildman–Crippen MR) is 50.3 cm³/mol. The van der Waals surface area contributed by atoms with Gasteiger partial charge in [-0.15, -0.1) is 0 Å². The van der Waals surface area contributed by atoms with E-state index in [-0.39, 0.29) is 11.4 Å². The molecule has 0 aliphatic carbocycles. The predicted octanol–water partition coefficient (Wildman–Crippen LogP) is 1.58. The molecule has 1 heterocycles. The van der Waals surface area contributed by atoms with Crippen LogP contribution in [0.1, 0.15) is 0 Å². The molecule has 4 heteroatoms. The van der Waals surface area contributed by atoms with E-state index < -0.39 is 0 Å². The van der Waals surface area contributed by atoms with Crippen molar-refractivity contribution in [1.82, 2.24) is 9.97 Å². The van der Waals surface area contributed by atoms with E-state index in [2.05, 4.69) is 9.97 Å². The number of aromatic amines is 1. The Morgan fingerprint density at radius 2 is 2.07 bits per heavy atom. The van der Waals surface area contributed by atoms with Crippen molar-refractivity contribution in [1.29, 1.82) is 0 Å². The summed E-state index contributed by atoms with van der Waals surface area (Å²) in [5.41, 5.74) is 0.378. The van der Waals surface area contributed by atoms with E-state index >= 15 is 0 Å². The molecular formula is C10H7FN2O. The Balaban J connectivity index is 2.61. The molecule has 0 spiro atoms. The lowest BCUT2D eigenvalue weighted by atomic mass is 10.1. The van der Waals surface area contributed by atoms with Crippen molar-refractivity contribution in [2.75, 3.05) is 0 Å². The molecule has 0 radical (unpaired) electrons. The number of aromatic nitrogens is 2. The normalized spacial score (nSPS) is 10.1. The van der Waals surface area contributed by atoms with Crippen LogP contribution >= 0.6 is 0 Å². The highest BCUT2D eigenvalue weighted by Gasteiger charge is 2.04. The highest BCUT2D eigenvalue weighted by atomic mass is 19.1. The number of benzene rings is 1. The maximum absolute atomic E-state index is 13.3. The first-order valence-electron chi connectivity index (χ1n) is 4.07. The topological polar surface area (TPSA) is 45.8 Å². The second-order valence-corrected chi connectivity index (χ2v) is 2.78. The monoisotopic (exact) mass is 190 g/mol. The number of H-pyrrole nitrogens is 1. The summed E-state index contributed by atoms with van der Waals surface area (Å²) in [5, 5.41) is 0. The largest absolute Gasteiger partial charge is 0.313 e. The van der Waals surface area contributed by atoms with Crippen LogP contribution in [0.25, 0.3) is 11.3 Å². The molecule has 3 nitrogen and oxygen atoms in total. The molecule has 70 valence electrons. The lowest BCUT2D eigenvalue weighted by molar-refractivity contribution is 0.630. The van der Waals surface area contributed by atoms with E-state index in [1.165, 1.54) is 18.5 Å². The van der Waals surface area contributed by atoms with Crippen LogP contribution in [0.5, 0.6) is 0 Å². The van der Waals surface area contributed by atoms with Gasteiger partial charge in [0.1, 0.15) is 5.82 Å². The Morgan fingerprint density at radius 3 is 2.79 bits per heavy atom. The van der Waals surface area contributed by atoms with Gasteiger partial charge >= 0.3 is 0 Å². The second-order valence-electron chi connectivity index (χ2n) is 2.78. The standard InChI is InChI=1S/C10H7FN2O/c11-8-4-2-1-3-7(8)9-5-10(14)13-6-12-9/h1-6H,(H,12,13,14). The summed E-state index contributed by atoms with van der Waals surface area (Å²) in [5.74, 6) is -0.384. The molecule has 0 bridgehead atoms. The molecule has 2 rings (SSSR count). The number of nitrogens with one attached hydrogen (secondary N) is 1. The Hall–Kier alpha value is -1.97. The van der Waals surface area contributed by atoms with Crippen LogP contribution in [0.2, 0.25) is 0 Å². The van der Waals surface area contributed by atoms with Gasteiger partial charge in [-0.3, -0.25) is 4.79 Å². The third-order valence-electron chi connectivity index (χ3n) is 1.83. The number of nitrogens with zero attached hydrogens (tertiary/aromatic N) is 1. The smallest absolute Gasteiger partial charge is 0.251 e. The van der Waals surface area contributed by atoms with Gasteiger partial charge in [0.15, 0.2) is 0 Å². The van der Waals surface area contributed by atoms with Crippen LogP contribution in [0, 0.1) is 5.82 Å². The number of halogens is 1. The average Bonchev–Trinajstić information content (AvgIpc) is 2.18. The fourth-order valence-corrected chi connectivity index (χ4v) is 1.18. The minimum atomic E-state index is -0.384. The Morgan fingerprint density at radius 1 is 1.29 bits per heavy atom. The zero-order valence-corrected chi connectivity index (χ0v) is 7.20. The molecule has 14 heavy (non-hydrogen) atoms. The summed E-state index contributed by atoms with van der Waals surface area (Å²) < 4.78 is 13.3. The molecule has 0 unspecified atom stereocenters. The summed E-state index contributed by atoms with van der Waals surface area (Å²) in [6.45, 7) is 0. The van der Waals surface area contributed by atoms with Crippen molar-refractivity contribution >= 4 is 0 Å². The number of rotatable bonds is 1. The fraction of sp³-hybridized carbons (Fsp3) is 0. The Bertz CT molecular complexity index is 507. The van der Waals surface area contributed by atoms with E-state index in [1.807, 2.05) is 0 Å². The molecule has 0 saturated heterocycles. The maximum Gasteiger partial charge on any atom is 0.251 e. The van der Waals surface area contributed by atoms with Crippen molar-refractivity contribution in [3.8, 4) is 11.3 Å². The van der Waals surface area contributed by atoms with Gasteiger partial charge in [-0.2, -0.15) is 0 Å². The van der Waals surface area contributed by atoms with Gasteiger partial charge in [-0.1, -0.05) is 12.1 Å². The summed E-state index contributed by atoms with van der Waals surface area (Å²) in [4.78, 5) is 17.2. The Labute approximate surface area is 79.3 Å². The highest BCUT2D eigenvalue weighted by Crippen LogP contribution is 2.17. The molecule has 1 aromatic heterocycles. The van der Waals surface area contributed by atoms with Gasteiger partial charge in [0, 0.05) is 11.6 Å². The molecule has 0 atom stereocenters. The molecule has 0 aliphatic rings. The number of hydrogen-bond donors (Lipinski definition) is 1. The van der Waals surface area contributed by atoms with Crippen LogP contribution in [0.15, 0.2) is 41.5 Å². The van der Waals surface area contributed by atoms with E-state index in [0.29, 0.717) is 11.3 Å². The van der Waals surface area contributed by atoms with Gasteiger partial charge in [0.05, 0.1) is 12.0 Å². The van der Waals surface area contributed by atoms with Gasteiger partial charge in [-0.05, 0) is 12.1 Å². The average molecular weight is 190 g/mol. The minimum Gasteiger partial charge on any atom is -0.313 e. The van der Waals surface area contributed by atoms with E-state index in [4.69, 9.17) is 0 Å². The first-order chi connectivity index (χ1) is 6.77. The Kier molecular flexibility index (Phi) is 2.10. The van der Waals surface area contributed by atoms with E-state index in [9.17, 15) is 9.18 Å².